The molecule has 0 unspecified atom stereocenters. The first-order valence-electron chi connectivity index (χ1n) is 7.78. The highest BCUT2D eigenvalue weighted by Crippen LogP contribution is 2.13. The van der Waals surface area contributed by atoms with E-state index in [-0.39, 0.29) is 37.0 Å². The van der Waals surface area contributed by atoms with Gasteiger partial charge in [0.1, 0.15) is 13.2 Å². The van der Waals surface area contributed by atoms with Crippen LogP contribution in [0.15, 0.2) is 0 Å². The molecule has 2 heterocycles. The fourth-order valence-corrected chi connectivity index (χ4v) is 2.44. The molecule has 2 aliphatic heterocycles. The Labute approximate surface area is 125 Å². The summed E-state index contributed by atoms with van der Waals surface area (Å²) in [5.41, 5.74) is 0. The van der Waals surface area contributed by atoms with Crippen LogP contribution >= 0.6 is 0 Å². The normalized spacial score (nSPS) is 25.0. The molecule has 0 N–H and O–H groups in total. The summed E-state index contributed by atoms with van der Waals surface area (Å²) in [6, 6.07) is 0. The molecule has 0 aromatic heterocycles. The summed E-state index contributed by atoms with van der Waals surface area (Å²) in [6.07, 6.45) is 4.97. The number of hydrogen-bond acceptors (Lipinski definition) is 6. The number of ether oxygens (including phenoxy) is 4. The van der Waals surface area contributed by atoms with Crippen LogP contribution in [0.5, 0.6) is 0 Å². The molecule has 2 rings (SSSR count). The minimum absolute atomic E-state index is 0.0466. The average molecular weight is 300 g/mol. The summed E-state index contributed by atoms with van der Waals surface area (Å²) >= 11 is 0. The number of carbonyl (C=O) groups is 2. The zero-order chi connectivity index (χ0) is 14.9. The van der Waals surface area contributed by atoms with Gasteiger partial charge in [-0.3, -0.25) is 9.59 Å². The summed E-state index contributed by atoms with van der Waals surface area (Å²) in [4.78, 5) is 23.0. The molecular formula is C15H24O6. The molecule has 0 radical (unpaired) electrons. The molecule has 0 aromatic carbocycles. The molecule has 2 fully saturated rings. The fraction of sp³-hybridized carbons (Fsp3) is 0.867. The molecule has 0 aromatic rings. The lowest BCUT2D eigenvalue weighted by Gasteiger charge is -2.11. The molecule has 6 heteroatoms. The summed E-state index contributed by atoms with van der Waals surface area (Å²) in [7, 11) is 0. The van der Waals surface area contributed by atoms with Crippen LogP contribution in [0, 0.1) is 0 Å². The van der Waals surface area contributed by atoms with E-state index in [2.05, 4.69) is 0 Å². The van der Waals surface area contributed by atoms with E-state index in [0.29, 0.717) is 19.6 Å². The maximum absolute atomic E-state index is 11.5. The molecule has 2 atom stereocenters. The third kappa shape index (κ3) is 6.44. The highest BCUT2D eigenvalue weighted by Gasteiger charge is 2.19. The van der Waals surface area contributed by atoms with Crippen LogP contribution in [0.25, 0.3) is 0 Å². The second-order valence-electron chi connectivity index (χ2n) is 5.49. The summed E-state index contributed by atoms with van der Waals surface area (Å²) in [5, 5.41) is 0. The van der Waals surface area contributed by atoms with Crippen LogP contribution in [0.1, 0.15) is 44.9 Å². The lowest BCUT2D eigenvalue weighted by Crippen LogP contribution is -2.19. The van der Waals surface area contributed by atoms with Crippen molar-refractivity contribution in [1.82, 2.24) is 0 Å². The van der Waals surface area contributed by atoms with Crippen LogP contribution < -0.4 is 0 Å². The van der Waals surface area contributed by atoms with E-state index in [4.69, 9.17) is 18.9 Å². The zero-order valence-corrected chi connectivity index (χ0v) is 12.4. The molecule has 0 amide bonds. The van der Waals surface area contributed by atoms with Crippen molar-refractivity contribution in [2.24, 2.45) is 0 Å². The standard InChI is InChI=1S/C15H24O6/c16-14(20-10-12-4-2-8-18-12)6-1-7-15(17)21-11-13-5-3-9-19-13/h12-13H,1-11H2/t12-,13+. The molecule has 120 valence electrons. The second-order valence-corrected chi connectivity index (χ2v) is 5.49. The molecule has 2 aliphatic rings. The third-order valence-electron chi connectivity index (χ3n) is 3.67. The average Bonchev–Trinajstić information content (AvgIpc) is 3.16. The van der Waals surface area contributed by atoms with Crippen molar-refractivity contribution in [3.8, 4) is 0 Å². The van der Waals surface area contributed by atoms with Crippen LogP contribution in [0.2, 0.25) is 0 Å². The van der Waals surface area contributed by atoms with Crippen molar-refractivity contribution >= 4 is 11.9 Å². The summed E-state index contributed by atoms with van der Waals surface area (Å²) < 4.78 is 21.0. The highest BCUT2D eigenvalue weighted by atomic mass is 16.6. The first-order valence-corrected chi connectivity index (χ1v) is 7.78. The lowest BCUT2D eigenvalue weighted by molar-refractivity contribution is -0.148. The summed E-state index contributed by atoms with van der Waals surface area (Å²) in [6.45, 7) is 2.14. The number of hydrogen-bond donors (Lipinski definition) is 0. The smallest absolute Gasteiger partial charge is 0.305 e. The van der Waals surface area contributed by atoms with Crippen LogP contribution in [0.3, 0.4) is 0 Å². The largest absolute Gasteiger partial charge is 0.463 e. The molecular weight excluding hydrogens is 276 g/mol. The maximum Gasteiger partial charge on any atom is 0.305 e. The highest BCUT2D eigenvalue weighted by molar-refractivity contribution is 5.72. The fourth-order valence-electron chi connectivity index (χ4n) is 2.44. The van der Waals surface area contributed by atoms with Gasteiger partial charge >= 0.3 is 11.9 Å². The van der Waals surface area contributed by atoms with E-state index >= 15 is 0 Å². The molecule has 0 saturated carbocycles. The topological polar surface area (TPSA) is 71.1 Å². The zero-order valence-electron chi connectivity index (χ0n) is 12.4. The van der Waals surface area contributed by atoms with Crippen molar-refractivity contribution in [2.75, 3.05) is 26.4 Å². The van der Waals surface area contributed by atoms with Gasteiger partial charge in [0.25, 0.3) is 0 Å². The quantitative estimate of drug-likeness (QED) is 0.634. The van der Waals surface area contributed by atoms with Gasteiger partial charge in [-0.2, -0.15) is 0 Å². The van der Waals surface area contributed by atoms with Gasteiger partial charge in [0, 0.05) is 26.1 Å². The maximum atomic E-state index is 11.5. The van der Waals surface area contributed by atoms with Gasteiger partial charge in [-0.05, 0) is 32.1 Å². The Morgan fingerprint density at radius 2 is 1.33 bits per heavy atom. The Kier molecular flexibility index (Phi) is 6.95. The van der Waals surface area contributed by atoms with Crippen molar-refractivity contribution in [2.45, 2.75) is 57.2 Å². The lowest BCUT2D eigenvalue weighted by atomic mass is 10.2. The van der Waals surface area contributed by atoms with Gasteiger partial charge in [0.2, 0.25) is 0 Å². The van der Waals surface area contributed by atoms with Crippen molar-refractivity contribution < 1.29 is 28.5 Å². The Morgan fingerprint density at radius 1 is 0.857 bits per heavy atom. The number of esters is 2. The van der Waals surface area contributed by atoms with Crippen LogP contribution in [-0.2, 0) is 28.5 Å². The van der Waals surface area contributed by atoms with Crippen LogP contribution in [0.4, 0.5) is 0 Å². The molecule has 6 nitrogen and oxygen atoms in total. The van der Waals surface area contributed by atoms with Gasteiger partial charge in [-0.25, -0.2) is 0 Å². The van der Waals surface area contributed by atoms with E-state index < -0.39 is 0 Å². The van der Waals surface area contributed by atoms with E-state index in [1.165, 1.54) is 0 Å². The van der Waals surface area contributed by atoms with Crippen molar-refractivity contribution in [1.29, 1.82) is 0 Å². The Bertz CT molecular complexity index is 299. The predicted molar refractivity (Wildman–Crippen MR) is 73.7 cm³/mol. The monoisotopic (exact) mass is 300 g/mol. The predicted octanol–water partition coefficient (Wildman–Crippen LogP) is 1.60. The number of carbonyl (C=O) groups excluding carboxylic acids is 2. The minimum Gasteiger partial charge on any atom is -0.463 e. The molecule has 2 saturated heterocycles. The SMILES string of the molecule is O=C(CCCC(=O)OC[C@@H]1CCCO1)OC[C@H]1CCCO1. The van der Waals surface area contributed by atoms with Crippen molar-refractivity contribution in [3.63, 3.8) is 0 Å². The first kappa shape index (κ1) is 16.2. The van der Waals surface area contributed by atoms with Gasteiger partial charge in [-0.15, -0.1) is 0 Å². The summed E-state index contributed by atoms with van der Waals surface area (Å²) in [5.74, 6) is -0.560. The second kappa shape index (κ2) is 9.00. The van der Waals surface area contributed by atoms with E-state index in [0.717, 1.165) is 38.9 Å². The molecule has 0 aliphatic carbocycles. The van der Waals surface area contributed by atoms with Gasteiger partial charge in [-0.1, -0.05) is 0 Å². The Hall–Kier alpha value is -1.14. The van der Waals surface area contributed by atoms with E-state index in [9.17, 15) is 9.59 Å². The van der Waals surface area contributed by atoms with Gasteiger partial charge < -0.3 is 18.9 Å². The minimum atomic E-state index is -0.280. The molecule has 0 bridgehead atoms. The van der Waals surface area contributed by atoms with E-state index in [1.54, 1.807) is 0 Å². The first-order chi connectivity index (χ1) is 10.2. The molecule has 0 spiro atoms. The van der Waals surface area contributed by atoms with Gasteiger partial charge in [0.15, 0.2) is 0 Å². The third-order valence-corrected chi connectivity index (χ3v) is 3.67. The Balaban J connectivity index is 1.45. The van der Waals surface area contributed by atoms with E-state index in [1.807, 2.05) is 0 Å². The van der Waals surface area contributed by atoms with Gasteiger partial charge in [0.05, 0.1) is 12.2 Å². The van der Waals surface area contributed by atoms with Crippen molar-refractivity contribution in [3.05, 3.63) is 0 Å². The van der Waals surface area contributed by atoms with Crippen LogP contribution in [-0.4, -0.2) is 50.6 Å². The number of rotatable bonds is 8. The Morgan fingerprint density at radius 3 is 1.71 bits per heavy atom. The molecule has 21 heavy (non-hydrogen) atoms.